The lowest BCUT2D eigenvalue weighted by atomic mass is 9.91. The largest absolute Gasteiger partial charge is 0.354 e. The minimum absolute atomic E-state index is 0.00356. The van der Waals surface area contributed by atoms with E-state index in [1.165, 1.54) is 0 Å². The molecule has 1 unspecified atom stereocenters. The Morgan fingerprint density at radius 1 is 0.903 bits per heavy atom. The Morgan fingerprint density at radius 2 is 1.48 bits per heavy atom. The van der Waals surface area contributed by atoms with Gasteiger partial charge in [0.2, 0.25) is 11.8 Å². The van der Waals surface area contributed by atoms with Gasteiger partial charge in [0.1, 0.15) is 0 Å². The number of carbonyl (C=O) groups is 3. The molecule has 3 rings (SSSR count). The molecule has 0 aromatic heterocycles. The van der Waals surface area contributed by atoms with Crippen molar-refractivity contribution < 1.29 is 14.4 Å². The second-order valence-corrected chi connectivity index (χ2v) is 7.88. The van der Waals surface area contributed by atoms with Crippen molar-refractivity contribution in [2.45, 2.75) is 32.1 Å². The van der Waals surface area contributed by atoms with Crippen LogP contribution in [0.25, 0.3) is 0 Å². The monoisotopic (exact) mass is 421 g/mol. The lowest BCUT2D eigenvalue weighted by molar-refractivity contribution is -0.137. The third-order valence-electron chi connectivity index (χ3n) is 5.83. The molecule has 1 heterocycles. The SMILES string of the molecule is CCC(C(=O)N1CCC(C(=O)NCCNC(=O)c2ccccc2)CC1)c1ccccc1. The van der Waals surface area contributed by atoms with Gasteiger partial charge in [-0.15, -0.1) is 0 Å². The predicted molar refractivity (Wildman–Crippen MR) is 121 cm³/mol. The Labute approximate surface area is 184 Å². The summed E-state index contributed by atoms with van der Waals surface area (Å²) in [7, 11) is 0. The molecule has 2 aromatic rings. The second-order valence-electron chi connectivity index (χ2n) is 7.88. The first-order valence-corrected chi connectivity index (χ1v) is 11.0. The van der Waals surface area contributed by atoms with Gasteiger partial charge in [-0.3, -0.25) is 14.4 Å². The number of nitrogens with one attached hydrogen (secondary N) is 2. The molecule has 2 aromatic carbocycles. The Hall–Kier alpha value is -3.15. The van der Waals surface area contributed by atoms with E-state index >= 15 is 0 Å². The second kappa shape index (κ2) is 11.3. The molecule has 0 saturated carbocycles. The maximum absolute atomic E-state index is 13.0. The Balaban J connectivity index is 1.39. The third-order valence-corrected chi connectivity index (χ3v) is 5.83. The van der Waals surface area contributed by atoms with Gasteiger partial charge in [0.05, 0.1) is 5.92 Å². The van der Waals surface area contributed by atoms with Crippen LogP contribution in [0.15, 0.2) is 60.7 Å². The average molecular weight is 422 g/mol. The zero-order valence-electron chi connectivity index (χ0n) is 18.0. The van der Waals surface area contributed by atoms with Crippen molar-refractivity contribution >= 4 is 17.7 Å². The zero-order valence-corrected chi connectivity index (χ0v) is 18.0. The van der Waals surface area contributed by atoms with Gasteiger partial charge in [0.15, 0.2) is 0 Å². The highest BCUT2D eigenvalue weighted by Crippen LogP contribution is 2.25. The summed E-state index contributed by atoms with van der Waals surface area (Å²) in [5.74, 6) is -0.219. The lowest BCUT2D eigenvalue weighted by Gasteiger charge is -2.33. The molecule has 3 amide bonds. The van der Waals surface area contributed by atoms with Crippen LogP contribution < -0.4 is 10.6 Å². The Morgan fingerprint density at radius 3 is 2.10 bits per heavy atom. The number of amides is 3. The Kier molecular flexibility index (Phi) is 8.21. The van der Waals surface area contributed by atoms with E-state index in [1.54, 1.807) is 12.1 Å². The molecule has 0 bridgehead atoms. The molecular formula is C25H31N3O3. The van der Waals surface area contributed by atoms with Crippen LogP contribution in [0.3, 0.4) is 0 Å². The number of nitrogens with zero attached hydrogens (tertiary/aromatic N) is 1. The van der Waals surface area contributed by atoms with Gasteiger partial charge in [-0.2, -0.15) is 0 Å². The summed E-state index contributed by atoms with van der Waals surface area (Å²) in [6.07, 6.45) is 2.09. The van der Waals surface area contributed by atoms with E-state index in [-0.39, 0.29) is 29.6 Å². The normalized spacial score (nSPS) is 15.2. The summed E-state index contributed by atoms with van der Waals surface area (Å²) < 4.78 is 0. The van der Waals surface area contributed by atoms with E-state index in [0.29, 0.717) is 44.6 Å². The molecular weight excluding hydrogens is 390 g/mol. The van der Waals surface area contributed by atoms with Crippen molar-refractivity contribution in [3.8, 4) is 0 Å². The summed E-state index contributed by atoms with van der Waals surface area (Å²) >= 11 is 0. The van der Waals surface area contributed by atoms with Crippen LogP contribution in [0.1, 0.15) is 48.0 Å². The summed E-state index contributed by atoms with van der Waals surface area (Å²) in [5, 5.41) is 5.71. The minimum atomic E-state index is -0.148. The summed E-state index contributed by atoms with van der Waals surface area (Å²) in [5.41, 5.74) is 1.65. The fourth-order valence-corrected chi connectivity index (χ4v) is 4.02. The number of carbonyl (C=O) groups excluding carboxylic acids is 3. The molecule has 1 aliphatic heterocycles. The van der Waals surface area contributed by atoms with E-state index in [4.69, 9.17) is 0 Å². The van der Waals surface area contributed by atoms with Crippen LogP contribution in [0.2, 0.25) is 0 Å². The van der Waals surface area contributed by atoms with Gasteiger partial charge in [-0.1, -0.05) is 55.5 Å². The van der Waals surface area contributed by atoms with E-state index in [0.717, 1.165) is 12.0 Å². The number of likely N-dealkylation sites (tertiary alicyclic amines) is 1. The molecule has 0 radical (unpaired) electrons. The van der Waals surface area contributed by atoms with Crippen LogP contribution in [0.4, 0.5) is 0 Å². The van der Waals surface area contributed by atoms with E-state index in [9.17, 15) is 14.4 Å². The maximum Gasteiger partial charge on any atom is 0.251 e. The molecule has 0 spiro atoms. The van der Waals surface area contributed by atoms with Gasteiger partial charge in [-0.25, -0.2) is 0 Å². The highest BCUT2D eigenvalue weighted by atomic mass is 16.2. The smallest absolute Gasteiger partial charge is 0.251 e. The number of hydrogen-bond donors (Lipinski definition) is 2. The van der Waals surface area contributed by atoms with Gasteiger partial charge in [0, 0.05) is 37.7 Å². The van der Waals surface area contributed by atoms with Crippen molar-refractivity contribution in [1.29, 1.82) is 0 Å². The molecule has 2 N–H and O–H groups in total. The quantitative estimate of drug-likeness (QED) is 0.643. The Bertz CT molecular complexity index is 862. The fraction of sp³-hybridized carbons (Fsp3) is 0.400. The number of hydrogen-bond acceptors (Lipinski definition) is 3. The van der Waals surface area contributed by atoms with Gasteiger partial charge >= 0.3 is 0 Å². The van der Waals surface area contributed by atoms with Gasteiger partial charge < -0.3 is 15.5 Å². The molecule has 6 heteroatoms. The summed E-state index contributed by atoms with van der Waals surface area (Å²) in [6, 6.07) is 18.9. The van der Waals surface area contributed by atoms with E-state index in [2.05, 4.69) is 10.6 Å². The van der Waals surface area contributed by atoms with Crippen LogP contribution in [-0.2, 0) is 9.59 Å². The van der Waals surface area contributed by atoms with Crippen LogP contribution in [0, 0.1) is 5.92 Å². The maximum atomic E-state index is 13.0. The predicted octanol–water partition coefficient (Wildman–Crippen LogP) is 2.97. The van der Waals surface area contributed by atoms with Crippen molar-refractivity contribution in [2.24, 2.45) is 5.92 Å². The van der Waals surface area contributed by atoms with Crippen LogP contribution in [-0.4, -0.2) is 48.8 Å². The molecule has 1 aliphatic rings. The average Bonchev–Trinajstić information content (AvgIpc) is 2.83. The molecule has 31 heavy (non-hydrogen) atoms. The number of rotatable bonds is 8. The van der Waals surface area contributed by atoms with E-state index < -0.39 is 0 Å². The van der Waals surface area contributed by atoms with Crippen LogP contribution >= 0.6 is 0 Å². The molecule has 164 valence electrons. The van der Waals surface area contributed by atoms with Gasteiger partial charge in [-0.05, 0) is 37.0 Å². The first kappa shape index (κ1) is 22.5. The molecule has 1 saturated heterocycles. The van der Waals surface area contributed by atoms with Crippen LogP contribution in [0.5, 0.6) is 0 Å². The highest BCUT2D eigenvalue weighted by Gasteiger charge is 2.30. The first-order valence-electron chi connectivity index (χ1n) is 11.0. The molecule has 1 fully saturated rings. The third kappa shape index (κ3) is 6.17. The topological polar surface area (TPSA) is 78.5 Å². The first-order chi connectivity index (χ1) is 15.1. The summed E-state index contributed by atoms with van der Waals surface area (Å²) in [4.78, 5) is 39.4. The van der Waals surface area contributed by atoms with Crippen molar-refractivity contribution in [3.63, 3.8) is 0 Å². The molecule has 1 atom stereocenters. The van der Waals surface area contributed by atoms with Crippen molar-refractivity contribution in [3.05, 3.63) is 71.8 Å². The lowest BCUT2D eigenvalue weighted by Crippen LogP contribution is -2.45. The number of piperidine rings is 1. The fourth-order valence-electron chi connectivity index (χ4n) is 4.02. The standard InChI is InChI=1S/C25H31N3O3/c1-2-22(19-9-5-3-6-10-19)25(31)28-17-13-21(14-18-28)24(30)27-16-15-26-23(29)20-11-7-4-8-12-20/h3-12,21-22H,2,13-18H2,1H3,(H,26,29)(H,27,30). The molecule has 6 nitrogen and oxygen atoms in total. The summed E-state index contributed by atoms with van der Waals surface area (Å²) in [6.45, 7) is 4.01. The van der Waals surface area contributed by atoms with E-state index in [1.807, 2.05) is 60.4 Å². The molecule has 0 aliphatic carbocycles. The minimum Gasteiger partial charge on any atom is -0.354 e. The van der Waals surface area contributed by atoms with Crippen molar-refractivity contribution in [1.82, 2.24) is 15.5 Å². The van der Waals surface area contributed by atoms with Gasteiger partial charge in [0.25, 0.3) is 5.91 Å². The van der Waals surface area contributed by atoms with Crippen molar-refractivity contribution in [2.75, 3.05) is 26.2 Å². The zero-order chi connectivity index (χ0) is 22.1. The highest BCUT2D eigenvalue weighted by molar-refractivity contribution is 5.94. The number of benzene rings is 2.